The molecule has 0 radical (unpaired) electrons. The van der Waals surface area contributed by atoms with Crippen molar-refractivity contribution >= 4 is 12.6 Å². The van der Waals surface area contributed by atoms with E-state index in [4.69, 9.17) is 0 Å². The molecule has 0 aromatic heterocycles. The minimum atomic E-state index is 0.683. The molecule has 0 nitrogen and oxygen atoms in total. The maximum atomic E-state index is 4.22. The Bertz CT molecular complexity index is 145. The Hall–Kier alpha value is -0.170. The van der Waals surface area contributed by atoms with Gasteiger partial charge >= 0.3 is 0 Å². The first-order chi connectivity index (χ1) is 4.38. The second-order valence-electron chi connectivity index (χ2n) is 2.30. The molecule has 0 spiro atoms. The highest BCUT2D eigenvalue weighted by Crippen LogP contribution is 2.22. The zero-order valence-corrected chi connectivity index (χ0v) is 6.57. The second kappa shape index (κ2) is 3.11. The Morgan fingerprint density at radius 2 is 2.44 bits per heavy atom. The number of hydrogen-bond acceptors (Lipinski definition) is 1. The van der Waals surface area contributed by atoms with E-state index in [1.54, 1.807) is 0 Å². The SMILES string of the molecule is CC[C@H]1C=CC=C1CS. The highest BCUT2D eigenvalue weighted by atomic mass is 32.1. The highest BCUT2D eigenvalue weighted by Gasteiger charge is 2.09. The lowest BCUT2D eigenvalue weighted by Crippen LogP contribution is -1.96. The molecule has 0 aromatic carbocycles. The van der Waals surface area contributed by atoms with Crippen LogP contribution in [-0.2, 0) is 0 Å². The van der Waals surface area contributed by atoms with Crippen LogP contribution in [0, 0.1) is 5.92 Å². The van der Waals surface area contributed by atoms with Gasteiger partial charge in [0.2, 0.25) is 0 Å². The molecule has 0 unspecified atom stereocenters. The van der Waals surface area contributed by atoms with Gasteiger partial charge in [-0.15, -0.1) is 0 Å². The van der Waals surface area contributed by atoms with Crippen molar-refractivity contribution in [3.05, 3.63) is 23.8 Å². The molecule has 0 aromatic rings. The number of allylic oxidation sites excluding steroid dienone is 3. The fourth-order valence-corrected chi connectivity index (χ4v) is 1.47. The summed E-state index contributed by atoms with van der Waals surface area (Å²) in [4.78, 5) is 0. The average molecular weight is 140 g/mol. The Morgan fingerprint density at radius 1 is 1.67 bits per heavy atom. The molecule has 0 saturated carbocycles. The Labute approximate surface area is 62.1 Å². The van der Waals surface area contributed by atoms with E-state index in [9.17, 15) is 0 Å². The van der Waals surface area contributed by atoms with Crippen molar-refractivity contribution in [1.29, 1.82) is 0 Å². The van der Waals surface area contributed by atoms with Crippen molar-refractivity contribution in [1.82, 2.24) is 0 Å². The van der Waals surface area contributed by atoms with Crippen LogP contribution in [0.4, 0.5) is 0 Å². The third kappa shape index (κ3) is 1.39. The van der Waals surface area contributed by atoms with Gasteiger partial charge in [0, 0.05) is 5.75 Å². The Kier molecular flexibility index (Phi) is 2.40. The van der Waals surface area contributed by atoms with Gasteiger partial charge < -0.3 is 0 Å². The third-order valence-electron chi connectivity index (χ3n) is 1.75. The summed E-state index contributed by atoms with van der Waals surface area (Å²) in [5.41, 5.74) is 1.46. The number of thiol groups is 1. The molecule has 0 saturated heterocycles. The summed E-state index contributed by atoms with van der Waals surface area (Å²) in [6.45, 7) is 2.21. The molecule has 9 heavy (non-hydrogen) atoms. The summed E-state index contributed by atoms with van der Waals surface area (Å²) in [5.74, 6) is 1.59. The molecule has 0 aliphatic heterocycles. The van der Waals surface area contributed by atoms with Crippen molar-refractivity contribution in [3.63, 3.8) is 0 Å². The maximum Gasteiger partial charge on any atom is 0.0122 e. The van der Waals surface area contributed by atoms with Crippen LogP contribution in [0.15, 0.2) is 23.8 Å². The number of rotatable bonds is 2. The van der Waals surface area contributed by atoms with Crippen LogP contribution in [0.2, 0.25) is 0 Å². The average Bonchev–Trinajstić information content (AvgIpc) is 2.33. The van der Waals surface area contributed by atoms with Gasteiger partial charge in [0.15, 0.2) is 0 Å². The van der Waals surface area contributed by atoms with E-state index in [0.29, 0.717) is 5.92 Å². The predicted molar refractivity (Wildman–Crippen MR) is 44.9 cm³/mol. The lowest BCUT2D eigenvalue weighted by molar-refractivity contribution is 0.742. The van der Waals surface area contributed by atoms with E-state index in [1.165, 1.54) is 12.0 Å². The van der Waals surface area contributed by atoms with Gasteiger partial charge in [-0.3, -0.25) is 0 Å². The molecule has 1 atom stereocenters. The van der Waals surface area contributed by atoms with Gasteiger partial charge in [0.1, 0.15) is 0 Å². The standard InChI is InChI=1S/C8H12S/c1-2-7-4-3-5-8(7)6-9/h3-5,7,9H,2,6H2,1H3/t7-/m0/s1. The van der Waals surface area contributed by atoms with E-state index in [-0.39, 0.29) is 0 Å². The van der Waals surface area contributed by atoms with Crippen LogP contribution >= 0.6 is 12.6 Å². The molecule has 1 aliphatic rings. The summed E-state index contributed by atoms with van der Waals surface area (Å²) >= 11 is 4.22. The fraction of sp³-hybridized carbons (Fsp3) is 0.500. The van der Waals surface area contributed by atoms with Crippen LogP contribution in [0.1, 0.15) is 13.3 Å². The lowest BCUT2D eigenvalue weighted by atomic mass is 10.0. The van der Waals surface area contributed by atoms with Crippen LogP contribution in [0.5, 0.6) is 0 Å². The predicted octanol–water partition coefficient (Wildman–Crippen LogP) is 2.44. The molecule has 0 fully saturated rings. The van der Waals surface area contributed by atoms with E-state index in [2.05, 4.69) is 37.8 Å². The van der Waals surface area contributed by atoms with Crippen molar-refractivity contribution in [2.45, 2.75) is 13.3 Å². The van der Waals surface area contributed by atoms with Crippen molar-refractivity contribution in [3.8, 4) is 0 Å². The molecule has 1 heteroatoms. The summed E-state index contributed by atoms with van der Waals surface area (Å²) in [6.07, 6.45) is 7.75. The zero-order valence-electron chi connectivity index (χ0n) is 5.67. The van der Waals surface area contributed by atoms with Crippen LogP contribution in [0.3, 0.4) is 0 Å². The van der Waals surface area contributed by atoms with Crippen LogP contribution in [-0.4, -0.2) is 5.75 Å². The van der Waals surface area contributed by atoms with E-state index in [0.717, 1.165) is 5.75 Å². The van der Waals surface area contributed by atoms with Gasteiger partial charge in [-0.1, -0.05) is 30.7 Å². The monoisotopic (exact) mass is 140 g/mol. The minimum Gasteiger partial charge on any atom is -0.175 e. The van der Waals surface area contributed by atoms with Gasteiger partial charge in [-0.25, -0.2) is 0 Å². The van der Waals surface area contributed by atoms with E-state index in [1.807, 2.05) is 0 Å². The van der Waals surface area contributed by atoms with Gasteiger partial charge in [0.05, 0.1) is 0 Å². The maximum absolute atomic E-state index is 4.22. The topological polar surface area (TPSA) is 0 Å². The zero-order chi connectivity index (χ0) is 6.69. The first-order valence-electron chi connectivity index (χ1n) is 3.36. The largest absolute Gasteiger partial charge is 0.175 e. The molecular formula is C8H12S. The van der Waals surface area contributed by atoms with E-state index >= 15 is 0 Å². The molecule has 0 amide bonds. The van der Waals surface area contributed by atoms with Crippen LogP contribution < -0.4 is 0 Å². The summed E-state index contributed by atoms with van der Waals surface area (Å²) in [6, 6.07) is 0. The van der Waals surface area contributed by atoms with Crippen LogP contribution in [0.25, 0.3) is 0 Å². The van der Waals surface area contributed by atoms with Gasteiger partial charge in [-0.2, -0.15) is 12.6 Å². The smallest absolute Gasteiger partial charge is 0.0122 e. The Morgan fingerprint density at radius 3 is 2.89 bits per heavy atom. The number of hydrogen-bond donors (Lipinski definition) is 1. The highest BCUT2D eigenvalue weighted by molar-refractivity contribution is 7.80. The fourth-order valence-electron chi connectivity index (χ4n) is 1.13. The molecular weight excluding hydrogens is 128 g/mol. The molecule has 1 aliphatic carbocycles. The lowest BCUT2D eigenvalue weighted by Gasteiger charge is -2.06. The molecule has 50 valence electrons. The first kappa shape index (κ1) is 6.94. The van der Waals surface area contributed by atoms with Crippen molar-refractivity contribution in [2.75, 3.05) is 5.75 Å². The Balaban J connectivity index is 2.55. The minimum absolute atomic E-state index is 0.683. The second-order valence-corrected chi connectivity index (χ2v) is 2.62. The summed E-state index contributed by atoms with van der Waals surface area (Å²) in [7, 11) is 0. The molecule has 0 heterocycles. The molecule has 0 bridgehead atoms. The quantitative estimate of drug-likeness (QED) is 0.560. The van der Waals surface area contributed by atoms with Gasteiger partial charge in [0.25, 0.3) is 0 Å². The third-order valence-corrected chi connectivity index (χ3v) is 2.12. The van der Waals surface area contributed by atoms with E-state index < -0.39 is 0 Å². The molecule has 0 N–H and O–H groups in total. The first-order valence-corrected chi connectivity index (χ1v) is 3.99. The summed E-state index contributed by atoms with van der Waals surface area (Å²) in [5, 5.41) is 0. The summed E-state index contributed by atoms with van der Waals surface area (Å²) < 4.78 is 0. The van der Waals surface area contributed by atoms with Gasteiger partial charge in [-0.05, 0) is 12.3 Å². The normalized spacial score (nSPS) is 24.7. The van der Waals surface area contributed by atoms with Crippen molar-refractivity contribution in [2.24, 2.45) is 5.92 Å². The van der Waals surface area contributed by atoms with Crippen molar-refractivity contribution < 1.29 is 0 Å². The molecule has 1 rings (SSSR count).